The summed E-state index contributed by atoms with van der Waals surface area (Å²) in [6, 6.07) is 18.0. The van der Waals surface area contributed by atoms with Crippen LogP contribution in [0.25, 0.3) is 38.7 Å². The van der Waals surface area contributed by atoms with Crippen molar-refractivity contribution in [3.63, 3.8) is 0 Å². The maximum absolute atomic E-state index is 15.7. The molecule has 3 N–H and O–H groups in total. The van der Waals surface area contributed by atoms with Gasteiger partial charge in [0.1, 0.15) is 17.9 Å². The number of rotatable bonds is 11. The largest absolute Gasteiger partial charge is 0.453 e. The molecule has 0 radical (unpaired) electrons. The molecule has 14 heteroatoms. The number of methoxy groups -OCH3 is 2. The van der Waals surface area contributed by atoms with E-state index in [1.165, 1.54) is 26.4 Å². The van der Waals surface area contributed by atoms with Gasteiger partial charge in [-0.15, -0.1) is 0 Å². The summed E-state index contributed by atoms with van der Waals surface area (Å²) < 4.78 is 25.2. The molecular formula is C47H53FN6O7. The highest BCUT2D eigenvalue weighted by Gasteiger charge is 2.39. The van der Waals surface area contributed by atoms with Crippen LogP contribution >= 0.6 is 0 Å². The van der Waals surface area contributed by atoms with Crippen LogP contribution < -0.4 is 16.1 Å². The van der Waals surface area contributed by atoms with E-state index in [-0.39, 0.29) is 40.5 Å². The van der Waals surface area contributed by atoms with Gasteiger partial charge in [0.25, 0.3) is 0 Å². The van der Waals surface area contributed by atoms with Crippen molar-refractivity contribution < 1.29 is 33.0 Å². The van der Waals surface area contributed by atoms with Crippen LogP contribution in [-0.4, -0.2) is 89.9 Å². The lowest BCUT2D eigenvalue weighted by Gasteiger charge is -2.31. The summed E-state index contributed by atoms with van der Waals surface area (Å²) in [4.78, 5) is 76.3. The van der Waals surface area contributed by atoms with Crippen molar-refractivity contribution in [2.24, 2.45) is 16.8 Å². The number of allylic oxidation sites excluding steroid dienone is 1. The third kappa shape index (κ3) is 8.94. The minimum atomic E-state index is -0.800. The number of ether oxygens (including phenoxy) is 2. The van der Waals surface area contributed by atoms with Crippen LogP contribution in [-0.2, 0) is 19.1 Å². The maximum Gasteiger partial charge on any atom is 0.407 e. The topological polar surface area (TPSA) is 162 Å². The molecular weight excluding hydrogens is 780 g/mol. The van der Waals surface area contributed by atoms with E-state index in [1.807, 2.05) is 75.2 Å². The van der Waals surface area contributed by atoms with E-state index in [9.17, 15) is 24.0 Å². The van der Waals surface area contributed by atoms with Crippen LogP contribution in [0.5, 0.6) is 0 Å². The number of hydrogen-bond donors (Lipinski definition) is 3. The summed E-state index contributed by atoms with van der Waals surface area (Å²) in [7, 11) is 2.53. The van der Waals surface area contributed by atoms with Gasteiger partial charge in [-0.05, 0) is 77.5 Å². The van der Waals surface area contributed by atoms with Gasteiger partial charge in [0.15, 0.2) is 5.43 Å². The van der Waals surface area contributed by atoms with Gasteiger partial charge in [-0.2, -0.15) is 0 Å². The first-order chi connectivity index (χ1) is 29.3. The van der Waals surface area contributed by atoms with Gasteiger partial charge in [0.05, 0.1) is 31.8 Å². The van der Waals surface area contributed by atoms with Crippen molar-refractivity contribution in [1.82, 2.24) is 25.4 Å². The number of H-pyrrole nitrogens is 1. The molecule has 0 saturated carbocycles. The fourth-order valence-electron chi connectivity index (χ4n) is 8.73. The van der Waals surface area contributed by atoms with Gasteiger partial charge in [-0.25, -0.2) is 14.0 Å². The van der Waals surface area contributed by atoms with E-state index in [4.69, 9.17) is 14.5 Å². The Morgan fingerprint density at radius 2 is 1.25 bits per heavy atom. The van der Waals surface area contributed by atoms with Crippen molar-refractivity contribution in [3.8, 4) is 22.3 Å². The Bertz CT molecular complexity index is 2440. The molecule has 0 unspecified atom stereocenters. The number of nitrogens with zero attached hydrogens (tertiary/aromatic N) is 3. The lowest BCUT2D eigenvalue weighted by Crippen LogP contribution is -2.53. The smallest absolute Gasteiger partial charge is 0.407 e. The Balaban J connectivity index is 1.04. The zero-order valence-corrected chi connectivity index (χ0v) is 35.4. The first-order valence-electron chi connectivity index (χ1n) is 20.9. The zero-order valence-electron chi connectivity index (χ0n) is 35.4. The highest BCUT2D eigenvalue weighted by atomic mass is 19.1. The van der Waals surface area contributed by atoms with E-state index in [0.717, 1.165) is 47.2 Å². The number of hydrogen-bond acceptors (Lipinski definition) is 8. The van der Waals surface area contributed by atoms with Crippen LogP contribution in [0.1, 0.15) is 77.1 Å². The van der Waals surface area contributed by atoms with Crippen molar-refractivity contribution in [3.05, 3.63) is 100 Å². The summed E-state index contributed by atoms with van der Waals surface area (Å²) in [5.74, 6) is -1.22. The number of halogens is 1. The first kappa shape index (κ1) is 42.8. The summed E-state index contributed by atoms with van der Waals surface area (Å²) in [6.45, 7) is 8.55. The highest BCUT2D eigenvalue weighted by molar-refractivity contribution is 6.04. The highest BCUT2D eigenvalue weighted by Crippen LogP contribution is 2.35. The van der Waals surface area contributed by atoms with E-state index < -0.39 is 36.1 Å². The Kier molecular flexibility index (Phi) is 12.7. The maximum atomic E-state index is 15.7. The molecule has 2 saturated heterocycles. The fraction of sp³-hybridized carbons (Fsp3) is 0.404. The molecule has 7 rings (SSSR count). The number of nitrogens with one attached hydrogen (secondary N) is 3. The van der Waals surface area contributed by atoms with Gasteiger partial charge in [-0.3, -0.25) is 19.4 Å². The van der Waals surface area contributed by atoms with Crippen molar-refractivity contribution in [2.75, 3.05) is 27.3 Å². The first-order valence-corrected chi connectivity index (χ1v) is 20.9. The molecule has 3 aliphatic rings. The van der Waals surface area contributed by atoms with Crippen molar-refractivity contribution in [2.45, 2.75) is 84.0 Å². The predicted octanol–water partition coefficient (Wildman–Crippen LogP) is 7.60. The molecule has 320 valence electrons. The van der Waals surface area contributed by atoms with Crippen LogP contribution in [0.15, 0.2) is 82.7 Å². The summed E-state index contributed by atoms with van der Waals surface area (Å²) in [5.41, 5.74) is 6.56. The molecule has 13 nitrogen and oxygen atoms in total. The molecule has 4 aromatic rings. The van der Waals surface area contributed by atoms with Gasteiger partial charge in [0, 0.05) is 54.1 Å². The number of aromatic nitrogens is 1. The minimum absolute atomic E-state index is 0.111. The molecule has 61 heavy (non-hydrogen) atoms. The number of alkyl carbamates (subject to hydrolysis) is 2. The molecule has 0 bridgehead atoms. The predicted molar refractivity (Wildman–Crippen MR) is 232 cm³/mol. The number of carbonyl (C=O) groups is 4. The van der Waals surface area contributed by atoms with Crippen LogP contribution in [0, 0.1) is 17.7 Å². The summed E-state index contributed by atoms with van der Waals surface area (Å²) >= 11 is 0. The molecule has 3 aliphatic heterocycles. The lowest BCUT2D eigenvalue weighted by molar-refractivity contribution is -0.135. The minimum Gasteiger partial charge on any atom is -0.453 e. The van der Waals surface area contributed by atoms with Crippen LogP contribution in [0.2, 0.25) is 0 Å². The fourth-order valence-corrected chi connectivity index (χ4v) is 8.73. The summed E-state index contributed by atoms with van der Waals surface area (Å²) in [6.07, 6.45) is 4.18. The Hall–Kier alpha value is -6.31. The average molecular weight is 833 g/mol. The number of likely N-dealkylation sites (tertiary alicyclic amines) is 2. The third-order valence-electron chi connectivity index (χ3n) is 12.1. The Labute approximate surface area is 354 Å². The third-order valence-corrected chi connectivity index (χ3v) is 12.1. The molecule has 4 amide bonds. The SMILES string of the molecule is COC(=O)N[C@H](C(=O)N1CCC[C@H]1C1=NC=C(c2ccc(-c3ccc(-c4cc5[nH]c([C@@H]6CCCN6C(=O)[C@@H](NC(=O)OC)C(C)C)cc(=O)c5cc4F)cc3)cc2)C1)C(C)C. The van der Waals surface area contributed by atoms with Crippen molar-refractivity contribution in [1.29, 1.82) is 0 Å². The number of amides is 4. The molecule has 4 heterocycles. The summed E-state index contributed by atoms with van der Waals surface area (Å²) in [5, 5.41) is 5.56. The molecule has 0 aliphatic carbocycles. The van der Waals surface area contributed by atoms with Gasteiger partial charge in [-0.1, -0.05) is 76.2 Å². The van der Waals surface area contributed by atoms with Gasteiger partial charge >= 0.3 is 12.2 Å². The van der Waals surface area contributed by atoms with E-state index in [2.05, 4.69) is 27.8 Å². The quantitative estimate of drug-likeness (QED) is 0.140. The second-order valence-corrected chi connectivity index (χ2v) is 16.7. The van der Waals surface area contributed by atoms with Gasteiger partial charge in [0.2, 0.25) is 11.8 Å². The normalized spacial score (nSPS) is 18.6. The lowest BCUT2D eigenvalue weighted by atomic mass is 9.95. The second kappa shape index (κ2) is 18.1. The number of benzene rings is 3. The molecule has 2 fully saturated rings. The van der Waals surface area contributed by atoms with E-state index in [1.54, 1.807) is 11.0 Å². The monoisotopic (exact) mass is 832 g/mol. The van der Waals surface area contributed by atoms with Crippen molar-refractivity contribution >= 4 is 46.2 Å². The van der Waals surface area contributed by atoms with E-state index in [0.29, 0.717) is 48.3 Å². The zero-order chi connectivity index (χ0) is 43.5. The molecule has 0 spiro atoms. The average Bonchev–Trinajstić information content (AvgIpc) is 4.06. The standard InChI is InChI=1S/C47H53FN6O7/c1-26(2)42(51-46(58)60-5)44(56)53-19-7-9-39(53)37-21-32(25-49-37)30-13-11-28(12-14-30)29-15-17-31(18-16-29)33-23-36-34(22-35(33)48)41(55)24-38(50-36)40-10-8-20-54(40)45(57)43(27(3)4)52-47(59)61-6/h11-18,22-27,39-40,42-43H,7-10,19-21H2,1-6H3,(H,50,55)(H,51,58)(H,52,59)/t39-,40-,42-,43-/m0/s1. The number of aromatic amines is 1. The number of pyridine rings is 1. The Morgan fingerprint density at radius 3 is 1.79 bits per heavy atom. The number of carbonyl (C=O) groups excluding carboxylic acids is 4. The molecule has 1 aromatic heterocycles. The Morgan fingerprint density at radius 1 is 0.738 bits per heavy atom. The molecule has 3 aromatic carbocycles. The second-order valence-electron chi connectivity index (χ2n) is 16.7. The number of aliphatic imine (C=N–C) groups is 1. The van der Waals surface area contributed by atoms with E-state index >= 15 is 4.39 Å². The van der Waals surface area contributed by atoms with Crippen LogP contribution in [0.4, 0.5) is 14.0 Å². The molecule has 4 atom stereocenters. The van der Waals surface area contributed by atoms with Crippen LogP contribution in [0.3, 0.4) is 0 Å². The number of fused-ring (bicyclic) bond motifs is 1. The van der Waals surface area contributed by atoms with Gasteiger partial charge < -0.3 is 34.9 Å².